The number of carbonyl (C=O) groups excluding carboxylic acids is 1. The van der Waals surface area contributed by atoms with Crippen molar-refractivity contribution >= 4 is 5.78 Å². The highest BCUT2D eigenvalue weighted by molar-refractivity contribution is 5.85. The number of benzene rings is 1. The summed E-state index contributed by atoms with van der Waals surface area (Å²) in [7, 11) is 0. The van der Waals surface area contributed by atoms with Gasteiger partial charge in [-0.15, -0.1) is 0 Å². The van der Waals surface area contributed by atoms with Gasteiger partial charge < -0.3 is 5.73 Å². The molecule has 3 heteroatoms. The molecule has 0 saturated heterocycles. The molecule has 13 heavy (non-hydrogen) atoms. The second-order valence-electron chi connectivity index (χ2n) is 2.90. The lowest BCUT2D eigenvalue weighted by molar-refractivity contribution is -0.121. The van der Waals surface area contributed by atoms with Gasteiger partial charge in [-0.25, -0.2) is 4.39 Å². The zero-order valence-electron chi connectivity index (χ0n) is 7.24. The summed E-state index contributed by atoms with van der Waals surface area (Å²) in [6.45, 7) is -0.978. The van der Waals surface area contributed by atoms with Crippen LogP contribution in [0.25, 0.3) is 0 Å². The Balaban J connectivity index is 2.55. The molecule has 1 rings (SSSR count). The van der Waals surface area contributed by atoms with Gasteiger partial charge in [-0.2, -0.15) is 0 Å². The van der Waals surface area contributed by atoms with Gasteiger partial charge in [-0.05, 0) is 12.0 Å². The molecule has 0 aliphatic heterocycles. The summed E-state index contributed by atoms with van der Waals surface area (Å²) in [6, 6.07) is 8.62. The predicted octanol–water partition coefficient (Wildman–Crippen LogP) is 1.10. The van der Waals surface area contributed by atoms with Crippen LogP contribution in [-0.2, 0) is 11.2 Å². The van der Waals surface area contributed by atoms with E-state index < -0.39 is 18.5 Å². The van der Waals surface area contributed by atoms with Crippen molar-refractivity contribution in [2.24, 2.45) is 5.73 Å². The molecule has 2 nitrogen and oxygen atoms in total. The van der Waals surface area contributed by atoms with Crippen molar-refractivity contribution < 1.29 is 9.18 Å². The molecule has 70 valence electrons. The molecule has 0 saturated carbocycles. The molecule has 1 atom stereocenters. The minimum atomic E-state index is -0.978. The van der Waals surface area contributed by atoms with Crippen LogP contribution in [0.1, 0.15) is 5.56 Å². The van der Waals surface area contributed by atoms with Crippen LogP contribution in [0.15, 0.2) is 30.3 Å². The predicted molar refractivity (Wildman–Crippen MR) is 49.1 cm³/mol. The fourth-order valence-electron chi connectivity index (χ4n) is 1.08. The van der Waals surface area contributed by atoms with Crippen molar-refractivity contribution in [1.82, 2.24) is 0 Å². The average Bonchev–Trinajstić information content (AvgIpc) is 2.18. The van der Waals surface area contributed by atoms with Crippen LogP contribution in [0, 0.1) is 0 Å². The van der Waals surface area contributed by atoms with Crippen molar-refractivity contribution in [2.75, 3.05) is 6.67 Å². The average molecular weight is 181 g/mol. The first-order valence-electron chi connectivity index (χ1n) is 4.12. The van der Waals surface area contributed by atoms with E-state index in [9.17, 15) is 9.18 Å². The van der Waals surface area contributed by atoms with E-state index in [0.29, 0.717) is 6.42 Å². The van der Waals surface area contributed by atoms with E-state index >= 15 is 0 Å². The molecule has 0 bridgehead atoms. The van der Waals surface area contributed by atoms with Crippen LogP contribution in [0.5, 0.6) is 0 Å². The van der Waals surface area contributed by atoms with Crippen LogP contribution in [0.3, 0.4) is 0 Å². The summed E-state index contributed by atoms with van der Waals surface area (Å²) in [5.41, 5.74) is 6.43. The first kappa shape index (κ1) is 9.86. The topological polar surface area (TPSA) is 43.1 Å². The summed E-state index contributed by atoms with van der Waals surface area (Å²) >= 11 is 0. The molecule has 0 unspecified atom stereocenters. The van der Waals surface area contributed by atoms with Gasteiger partial charge in [-0.1, -0.05) is 30.3 Å². The Morgan fingerprint density at radius 2 is 2.00 bits per heavy atom. The fraction of sp³-hybridized carbons (Fsp3) is 0.300. The molecular formula is C10H12FNO. The molecule has 1 aromatic carbocycles. The third-order valence-electron chi connectivity index (χ3n) is 1.84. The summed E-state index contributed by atoms with van der Waals surface area (Å²) in [5.74, 6) is -0.538. The first-order valence-corrected chi connectivity index (χ1v) is 4.12. The normalized spacial score (nSPS) is 12.5. The highest BCUT2D eigenvalue weighted by atomic mass is 19.1. The molecule has 0 heterocycles. The summed E-state index contributed by atoms with van der Waals surface area (Å²) in [5, 5.41) is 0. The Morgan fingerprint density at radius 1 is 1.38 bits per heavy atom. The van der Waals surface area contributed by atoms with Gasteiger partial charge in [-0.3, -0.25) is 4.79 Å². The van der Waals surface area contributed by atoms with E-state index in [1.807, 2.05) is 30.3 Å². The van der Waals surface area contributed by atoms with Crippen LogP contribution >= 0.6 is 0 Å². The second-order valence-corrected chi connectivity index (χ2v) is 2.90. The maximum atomic E-state index is 11.9. The van der Waals surface area contributed by atoms with Gasteiger partial charge in [0.1, 0.15) is 6.67 Å². The molecule has 1 aromatic rings. The lowest BCUT2D eigenvalue weighted by Gasteiger charge is -2.07. The molecule has 0 radical (unpaired) electrons. The number of Topliss-reactive ketones (excluding diaryl/α,β-unsaturated/α-hetero) is 1. The third-order valence-corrected chi connectivity index (χ3v) is 1.84. The number of carbonyl (C=O) groups is 1. The summed E-state index contributed by atoms with van der Waals surface area (Å²) in [6.07, 6.45) is 0.406. The van der Waals surface area contributed by atoms with Crippen molar-refractivity contribution in [3.05, 3.63) is 35.9 Å². The van der Waals surface area contributed by atoms with Crippen LogP contribution in [-0.4, -0.2) is 18.5 Å². The molecule has 0 aliphatic carbocycles. The van der Waals surface area contributed by atoms with E-state index in [1.54, 1.807) is 0 Å². The number of ketones is 1. The number of hydrogen-bond donors (Lipinski definition) is 1. The van der Waals surface area contributed by atoms with Gasteiger partial charge in [0, 0.05) is 0 Å². The first-order chi connectivity index (χ1) is 6.24. The Labute approximate surface area is 76.6 Å². The quantitative estimate of drug-likeness (QED) is 0.755. The number of rotatable bonds is 4. The molecule has 0 aromatic heterocycles. The van der Waals surface area contributed by atoms with Crippen LogP contribution in [0.2, 0.25) is 0 Å². The van der Waals surface area contributed by atoms with Gasteiger partial charge in [0.25, 0.3) is 0 Å². The monoisotopic (exact) mass is 181 g/mol. The SMILES string of the molecule is N[C@@H](Cc1ccccc1)C(=O)CF. The van der Waals surface area contributed by atoms with Gasteiger partial charge in [0.2, 0.25) is 0 Å². The maximum absolute atomic E-state index is 11.9. The molecule has 0 amide bonds. The molecule has 0 aliphatic rings. The lowest BCUT2D eigenvalue weighted by atomic mass is 10.0. The minimum absolute atomic E-state index is 0.406. The van der Waals surface area contributed by atoms with E-state index in [2.05, 4.69) is 0 Å². The van der Waals surface area contributed by atoms with Gasteiger partial charge in [0.15, 0.2) is 5.78 Å². The Morgan fingerprint density at radius 3 is 2.54 bits per heavy atom. The lowest BCUT2D eigenvalue weighted by Crippen LogP contribution is -2.33. The summed E-state index contributed by atoms with van der Waals surface area (Å²) < 4.78 is 11.9. The van der Waals surface area contributed by atoms with E-state index in [4.69, 9.17) is 5.73 Å². The Hall–Kier alpha value is -1.22. The zero-order chi connectivity index (χ0) is 9.68. The van der Waals surface area contributed by atoms with Crippen molar-refractivity contribution in [2.45, 2.75) is 12.5 Å². The highest BCUT2D eigenvalue weighted by Gasteiger charge is 2.12. The Kier molecular flexibility index (Phi) is 3.58. The van der Waals surface area contributed by atoms with Gasteiger partial charge >= 0.3 is 0 Å². The minimum Gasteiger partial charge on any atom is -0.321 e. The Bertz CT molecular complexity index is 274. The fourth-order valence-corrected chi connectivity index (χ4v) is 1.08. The van der Waals surface area contributed by atoms with E-state index in [1.165, 1.54) is 0 Å². The molecule has 0 spiro atoms. The molecule has 0 fully saturated rings. The standard InChI is InChI=1S/C10H12FNO/c11-7-10(13)9(12)6-8-4-2-1-3-5-8/h1-5,9H,6-7,12H2/t9-/m0/s1. The maximum Gasteiger partial charge on any atom is 0.180 e. The van der Waals surface area contributed by atoms with E-state index in [-0.39, 0.29) is 0 Å². The smallest absolute Gasteiger partial charge is 0.180 e. The number of nitrogens with two attached hydrogens (primary N) is 1. The zero-order valence-corrected chi connectivity index (χ0v) is 7.24. The molecule has 2 N–H and O–H groups in total. The van der Waals surface area contributed by atoms with E-state index in [0.717, 1.165) is 5.56 Å². The van der Waals surface area contributed by atoms with Crippen molar-refractivity contribution in [3.8, 4) is 0 Å². The van der Waals surface area contributed by atoms with Crippen LogP contribution in [0.4, 0.5) is 4.39 Å². The molecular weight excluding hydrogens is 169 g/mol. The van der Waals surface area contributed by atoms with Gasteiger partial charge in [0.05, 0.1) is 6.04 Å². The highest BCUT2D eigenvalue weighted by Crippen LogP contribution is 2.02. The number of halogens is 1. The second kappa shape index (κ2) is 4.72. The van der Waals surface area contributed by atoms with Crippen molar-refractivity contribution in [1.29, 1.82) is 0 Å². The largest absolute Gasteiger partial charge is 0.321 e. The number of alkyl halides is 1. The van der Waals surface area contributed by atoms with Crippen molar-refractivity contribution in [3.63, 3.8) is 0 Å². The summed E-state index contributed by atoms with van der Waals surface area (Å²) in [4.78, 5) is 10.8. The van der Waals surface area contributed by atoms with Crippen LogP contribution < -0.4 is 5.73 Å². The third kappa shape index (κ3) is 2.95. The number of hydrogen-bond acceptors (Lipinski definition) is 2.